The highest BCUT2D eigenvalue weighted by atomic mass is 35.5. The van der Waals surface area contributed by atoms with Crippen molar-refractivity contribution in [3.8, 4) is 0 Å². The number of anilines is 1. The molecule has 0 bridgehead atoms. The van der Waals surface area contributed by atoms with Gasteiger partial charge in [0.2, 0.25) is 0 Å². The van der Waals surface area contributed by atoms with Gasteiger partial charge in [0.15, 0.2) is 5.17 Å². The molecule has 4 nitrogen and oxygen atoms in total. The molecule has 0 spiro atoms. The van der Waals surface area contributed by atoms with Gasteiger partial charge in [0, 0.05) is 48.2 Å². The first-order chi connectivity index (χ1) is 15.0. The molecule has 1 heterocycles. The molecule has 0 saturated heterocycles. The molecule has 0 amide bonds. The Morgan fingerprint density at radius 2 is 2.00 bits per heavy atom. The minimum absolute atomic E-state index is 0.272. The molecule has 11 heteroatoms. The van der Waals surface area contributed by atoms with Gasteiger partial charge in [0.05, 0.1) is 10.5 Å². The molecule has 1 aliphatic rings. The Kier molecular flexibility index (Phi) is 7.36. The first-order valence-corrected chi connectivity index (χ1v) is 11.4. The van der Waals surface area contributed by atoms with E-state index in [4.69, 9.17) is 11.6 Å². The van der Waals surface area contributed by atoms with Crippen molar-refractivity contribution in [1.82, 2.24) is 4.72 Å². The number of hydrogen-bond acceptors (Lipinski definition) is 5. The molecule has 3 rings (SSSR count). The maximum absolute atomic E-state index is 14.7. The Balaban J connectivity index is 1.83. The van der Waals surface area contributed by atoms with Crippen molar-refractivity contribution >= 4 is 53.1 Å². The largest absolute Gasteiger partial charge is 0.416 e. The van der Waals surface area contributed by atoms with Crippen molar-refractivity contribution in [2.24, 2.45) is 9.39 Å². The SMILES string of the molecule is C=NSC(=NC)NSc1cc(Cl)c(CN2CC(C)(C)c3cc(C(F)(F)F)ccc32)cc1F. The predicted octanol–water partition coefficient (Wildman–Crippen LogP) is 6.73. The van der Waals surface area contributed by atoms with Gasteiger partial charge in [-0.3, -0.25) is 4.99 Å². The molecule has 0 aliphatic carbocycles. The molecule has 172 valence electrons. The summed E-state index contributed by atoms with van der Waals surface area (Å²) in [6.07, 6.45) is -4.41. The molecular weight excluding hydrogens is 484 g/mol. The van der Waals surface area contributed by atoms with E-state index in [1.165, 1.54) is 24.3 Å². The van der Waals surface area contributed by atoms with Gasteiger partial charge in [-0.05, 0) is 60.1 Å². The lowest BCUT2D eigenvalue weighted by molar-refractivity contribution is -0.137. The number of alkyl halides is 3. The lowest BCUT2D eigenvalue weighted by Crippen LogP contribution is -2.28. The van der Waals surface area contributed by atoms with Crippen molar-refractivity contribution in [2.75, 3.05) is 18.5 Å². The summed E-state index contributed by atoms with van der Waals surface area (Å²) in [4.78, 5) is 6.17. The maximum atomic E-state index is 14.7. The quantitative estimate of drug-likeness (QED) is 0.212. The van der Waals surface area contributed by atoms with Crippen molar-refractivity contribution in [3.05, 3.63) is 57.9 Å². The standard InChI is InChI=1S/C21H21ClF4N4S2/c1-20(2)11-30(17-6-5-13(8-14(17)20)21(24,25)26)10-12-7-16(23)18(9-15(12)22)31-29-19(27-3)32-28-4/h5-9H,4,10-11H2,1-3H3,(H,27,29). The zero-order chi connectivity index (χ0) is 23.7. The Morgan fingerprint density at radius 1 is 1.28 bits per heavy atom. The summed E-state index contributed by atoms with van der Waals surface area (Å²) in [5, 5.41) is 0.817. The van der Waals surface area contributed by atoms with Crippen LogP contribution in [-0.4, -0.2) is 25.5 Å². The number of halogens is 5. The van der Waals surface area contributed by atoms with Gasteiger partial charge in [-0.25, -0.2) is 8.79 Å². The summed E-state index contributed by atoms with van der Waals surface area (Å²) in [5.74, 6) is -0.472. The molecule has 0 fully saturated rings. The monoisotopic (exact) mass is 504 g/mol. The van der Waals surface area contributed by atoms with Gasteiger partial charge in [-0.1, -0.05) is 25.4 Å². The second-order valence-electron chi connectivity index (χ2n) is 7.80. The Bertz CT molecular complexity index is 1060. The molecule has 0 radical (unpaired) electrons. The average Bonchev–Trinajstić information content (AvgIpc) is 2.97. The third-order valence-corrected chi connectivity index (χ3v) is 6.94. The number of rotatable bonds is 5. The highest BCUT2D eigenvalue weighted by Gasteiger charge is 2.39. The fourth-order valence-corrected chi connectivity index (χ4v) is 4.95. The minimum Gasteiger partial charge on any atom is -0.366 e. The summed E-state index contributed by atoms with van der Waals surface area (Å²) in [6, 6.07) is 6.61. The summed E-state index contributed by atoms with van der Waals surface area (Å²) >= 11 is 8.46. The lowest BCUT2D eigenvalue weighted by atomic mass is 9.86. The lowest BCUT2D eigenvalue weighted by Gasteiger charge is -2.23. The van der Waals surface area contributed by atoms with Crippen molar-refractivity contribution in [2.45, 2.75) is 36.9 Å². The molecule has 0 atom stereocenters. The Labute approximate surface area is 197 Å². The predicted molar refractivity (Wildman–Crippen MR) is 126 cm³/mol. The average molecular weight is 505 g/mol. The minimum atomic E-state index is -4.41. The van der Waals surface area contributed by atoms with E-state index in [1.807, 2.05) is 18.7 Å². The number of nitrogens with zero attached hydrogens (tertiary/aromatic N) is 3. The van der Waals surface area contributed by atoms with E-state index in [9.17, 15) is 17.6 Å². The fourth-order valence-electron chi connectivity index (χ4n) is 3.56. The molecule has 0 aromatic heterocycles. The zero-order valence-corrected chi connectivity index (χ0v) is 19.9. The number of benzene rings is 2. The highest BCUT2D eigenvalue weighted by Crippen LogP contribution is 2.44. The first kappa shape index (κ1) is 24.7. The number of nitrogens with one attached hydrogen (secondary N) is 1. The molecule has 0 unspecified atom stereocenters. The third kappa shape index (κ3) is 5.35. The van der Waals surface area contributed by atoms with Crippen LogP contribution in [0.5, 0.6) is 0 Å². The van der Waals surface area contributed by atoms with Crippen LogP contribution in [0.1, 0.15) is 30.5 Å². The number of hydrogen-bond donors (Lipinski definition) is 1. The van der Waals surface area contributed by atoms with Crippen LogP contribution in [0, 0.1) is 5.82 Å². The second-order valence-corrected chi connectivity index (χ2v) is 9.88. The third-order valence-electron chi connectivity index (χ3n) is 5.04. The van der Waals surface area contributed by atoms with Crippen molar-refractivity contribution < 1.29 is 17.6 Å². The van der Waals surface area contributed by atoms with Gasteiger partial charge in [-0.2, -0.15) is 13.2 Å². The summed E-state index contributed by atoms with van der Waals surface area (Å²) in [6.45, 7) is 7.91. The number of fused-ring (bicyclic) bond motifs is 1. The van der Waals surface area contributed by atoms with Gasteiger partial charge in [0.1, 0.15) is 5.82 Å². The number of aliphatic imine (C=N–C) groups is 1. The van der Waals surface area contributed by atoms with Crippen LogP contribution in [0.3, 0.4) is 0 Å². The van der Waals surface area contributed by atoms with Crippen LogP contribution in [0.25, 0.3) is 0 Å². The van der Waals surface area contributed by atoms with Crippen molar-refractivity contribution in [1.29, 1.82) is 0 Å². The van der Waals surface area contributed by atoms with Crippen LogP contribution >= 0.6 is 35.5 Å². The number of amidine groups is 1. The second kappa shape index (κ2) is 9.52. The molecule has 1 N–H and O–H groups in total. The molecule has 1 aliphatic heterocycles. The summed E-state index contributed by atoms with van der Waals surface area (Å²) in [5.41, 5.74) is 0.679. The van der Waals surface area contributed by atoms with E-state index in [0.717, 1.165) is 30.0 Å². The Hall–Kier alpha value is -1.91. The summed E-state index contributed by atoms with van der Waals surface area (Å²) in [7, 11) is 1.57. The molecule has 2 aromatic carbocycles. The van der Waals surface area contributed by atoms with E-state index in [1.54, 1.807) is 7.05 Å². The zero-order valence-electron chi connectivity index (χ0n) is 17.6. The fraction of sp³-hybridized carbons (Fsp3) is 0.333. The summed E-state index contributed by atoms with van der Waals surface area (Å²) < 4.78 is 60.8. The van der Waals surface area contributed by atoms with E-state index >= 15 is 0 Å². The van der Waals surface area contributed by atoms with Gasteiger partial charge < -0.3 is 9.62 Å². The Morgan fingerprint density at radius 3 is 2.62 bits per heavy atom. The van der Waals surface area contributed by atoms with E-state index < -0.39 is 23.0 Å². The van der Waals surface area contributed by atoms with Crippen LogP contribution < -0.4 is 9.62 Å². The van der Waals surface area contributed by atoms with Crippen LogP contribution in [0.4, 0.5) is 23.2 Å². The van der Waals surface area contributed by atoms with E-state index in [-0.39, 0.29) is 11.4 Å². The van der Waals surface area contributed by atoms with Crippen LogP contribution in [0.15, 0.2) is 44.6 Å². The van der Waals surface area contributed by atoms with Crippen molar-refractivity contribution in [3.63, 3.8) is 0 Å². The normalized spacial score (nSPS) is 15.6. The van der Waals surface area contributed by atoms with Crippen LogP contribution in [0.2, 0.25) is 5.02 Å². The van der Waals surface area contributed by atoms with Gasteiger partial charge in [0.25, 0.3) is 0 Å². The van der Waals surface area contributed by atoms with E-state index in [0.29, 0.717) is 33.5 Å². The molecule has 0 saturated carbocycles. The highest BCUT2D eigenvalue weighted by molar-refractivity contribution is 8.14. The molecule has 32 heavy (non-hydrogen) atoms. The van der Waals surface area contributed by atoms with Crippen LogP contribution in [-0.2, 0) is 18.1 Å². The first-order valence-electron chi connectivity index (χ1n) is 9.43. The van der Waals surface area contributed by atoms with E-state index in [2.05, 4.69) is 20.8 Å². The smallest absolute Gasteiger partial charge is 0.366 e. The molecular formula is C21H21ClF4N4S2. The van der Waals surface area contributed by atoms with Gasteiger partial charge in [-0.15, -0.1) is 0 Å². The molecule has 2 aromatic rings. The topological polar surface area (TPSA) is 40.0 Å². The van der Waals surface area contributed by atoms with Gasteiger partial charge >= 0.3 is 6.18 Å². The maximum Gasteiger partial charge on any atom is 0.416 e.